The second kappa shape index (κ2) is 75.7. The molecular weight excluding hydrogens is 1380 g/mol. The summed E-state index contributed by atoms with van der Waals surface area (Å²) in [5.41, 5.74) is 0. The summed E-state index contributed by atoms with van der Waals surface area (Å²) in [5, 5.41) is 10.7. The highest BCUT2D eigenvalue weighted by molar-refractivity contribution is 7.47. The molecule has 19 heteroatoms. The fraction of sp³-hybridized carbons (Fsp3) is 0.954. The number of phosphoric ester groups is 2. The Hall–Kier alpha value is -1.94. The molecule has 0 aliphatic heterocycles. The van der Waals surface area contributed by atoms with Gasteiger partial charge >= 0.3 is 39.5 Å². The van der Waals surface area contributed by atoms with Gasteiger partial charge in [-0.3, -0.25) is 37.3 Å². The van der Waals surface area contributed by atoms with Crippen molar-refractivity contribution in [3.8, 4) is 0 Å². The largest absolute Gasteiger partial charge is 0.472 e. The van der Waals surface area contributed by atoms with Crippen molar-refractivity contribution < 1.29 is 80.2 Å². The molecule has 0 radical (unpaired) electrons. The van der Waals surface area contributed by atoms with Crippen LogP contribution in [0, 0.1) is 23.7 Å². The summed E-state index contributed by atoms with van der Waals surface area (Å²) in [6.07, 6.45) is 65.1. The Labute approximate surface area is 651 Å². The molecule has 0 saturated heterocycles. The monoisotopic (exact) mass is 1550 g/mol. The zero-order valence-electron chi connectivity index (χ0n) is 70.1. The van der Waals surface area contributed by atoms with E-state index in [9.17, 15) is 43.2 Å². The Balaban J connectivity index is 5.26. The maximum absolute atomic E-state index is 13.2. The zero-order valence-corrected chi connectivity index (χ0v) is 71.9. The first-order valence-electron chi connectivity index (χ1n) is 44.8. The lowest BCUT2D eigenvalue weighted by Crippen LogP contribution is -2.30. The van der Waals surface area contributed by atoms with Gasteiger partial charge in [0.05, 0.1) is 26.4 Å². The molecule has 0 rings (SSSR count). The van der Waals surface area contributed by atoms with Crippen LogP contribution in [0.3, 0.4) is 0 Å². The second-order valence-electron chi connectivity index (χ2n) is 32.7. The number of carbonyl (C=O) groups excluding carboxylic acids is 4. The van der Waals surface area contributed by atoms with Crippen molar-refractivity contribution in [1.29, 1.82) is 0 Å². The van der Waals surface area contributed by atoms with Crippen molar-refractivity contribution in [3.63, 3.8) is 0 Å². The average Bonchev–Trinajstić information content (AvgIpc) is 0.902. The van der Waals surface area contributed by atoms with Crippen LogP contribution in [0.1, 0.15) is 453 Å². The van der Waals surface area contributed by atoms with Crippen molar-refractivity contribution in [2.24, 2.45) is 23.7 Å². The van der Waals surface area contributed by atoms with Gasteiger partial charge in [0.25, 0.3) is 0 Å². The van der Waals surface area contributed by atoms with Crippen LogP contribution in [0.15, 0.2) is 0 Å². The lowest BCUT2D eigenvalue weighted by atomic mass is 9.99. The van der Waals surface area contributed by atoms with Gasteiger partial charge in [-0.2, -0.15) is 0 Å². The summed E-state index contributed by atoms with van der Waals surface area (Å²) in [6.45, 7) is 14.4. The third-order valence-corrected chi connectivity index (χ3v) is 22.9. The molecule has 0 aromatic rings. The number of ether oxygens (including phenoxy) is 4. The smallest absolute Gasteiger partial charge is 0.462 e. The molecule has 0 aromatic carbocycles. The van der Waals surface area contributed by atoms with Crippen LogP contribution in [-0.4, -0.2) is 96.7 Å². The van der Waals surface area contributed by atoms with Crippen LogP contribution in [0.2, 0.25) is 0 Å². The fourth-order valence-electron chi connectivity index (χ4n) is 13.4. The molecule has 0 aromatic heterocycles. The van der Waals surface area contributed by atoms with E-state index in [4.69, 9.17) is 37.0 Å². The quantitative estimate of drug-likeness (QED) is 0.0222. The van der Waals surface area contributed by atoms with Crippen LogP contribution >= 0.6 is 15.6 Å². The van der Waals surface area contributed by atoms with Gasteiger partial charge in [0, 0.05) is 25.7 Å². The first-order valence-corrected chi connectivity index (χ1v) is 47.8. The van der Waals surface area contributed by atoms with E-state index in [0.717, 1.165) is 114 Å². The van der Waals surface area contributed by atoms with Gasteiger partial charge in [0.1, 0.15) is 19.3 Å². The second-order valence-corrected chi connectivity index (χ2v) is 35.6. The number of rotatable bonds is 84. The molecule has 0 aliphatic rings. The number of hydrogen-bond donors (Lipinski definition) is 3. The Morgan fingerprint density at radius 3 is 0.670 bits per heavy atom. The molecule has 0 fully saturated rings. The van der Waals surface area contributed by atoms with E-state index in [1.165, 1.54) is 257 Å². The zero-order chi connectivity index (χ0) is 78.1. The SMILES string of the molecule is CCC(C)CCCCCCCCCCCCCCCCC(=O)OC[C@H](COP(=O)(O)OC[C@@H](O)COP(=O)(O)OC[C@@H](COC(=O)CCCCCCCCCCCCC(C)C)OC(=O)CCCCCCCCCCCCC(C)CC)OC(=O)CCCCCCCCCCCCCCCCCCCCC(C)C. The molecule has 0 saturated carbocycles. The highest BCUT2D eigenvalue weighted by Gasteiger charge is 2.31. The molecule has 3 N–H and O–H groups in total. The molecule has 0 spiro atoms. The Kier molecular flexibility index (Phi) is 74.3. The first kappa shape index (κ1) is 104. The van der Waals surface area contributed by atoms with Gasteiger partial charge in [0.15, 0.2) is 12.2 Å². The van der Waals surface area contributed by atoms with Gasteiger partial charge in [0.2, 0.25) is 0 Å². The van der Waals surface area contributed by atoms with E-state index in [1.54, 1.807) is 0 Å². The Bertz CT molecular complexity index is 2060. The fourth-order valence-corrected chi connectivity index (χ4v) is 15.0. The number of aliphatic hydroxyl groups excluding tert-OH is 1. The van der Waals surface area contributed by atoms with Gasteiger partial charge in [-0.15, -0.1) is 0 Å². The minimum atomic E-state index is -4.97. The third-order valence-electron chi connectivity index (χ3n) is 21.0. The molecule has 630 valence electrons. The molecule has 0 bridgehead atoms. The van der Waals surface area contributed by atoms with Crippen molar-refractivity contribution in [2.75, 3.05) is 39.6 Å². The van der Waals surface area contributed by atoms with Crippen molar-refractivity contribution in [2.45, 2.75) is 472 Å². The molecule has 0 aliphatic carbocycles. The van der Waals surface area contributed by atoms with Crippen LogP contribution in [0.5, 0.6) is 0 Å². The maximum atomic E-state index is 13.2. The number of carbonyl (C=O) groups is 4. The molecule has 7 atom stereocenters. The van der Waals surface area contributed by atoms with Gasteiger partial charge < -0.3 is 33.8 Å². The number of hydrogen-bond acceptors (Lipinski definition) is 15. The topological polar surface area (TPSA) is 237 Å². The summed E-state index contributed by atoms with van der Waals surface area (Å²) in [4.78, 5) is 73.3. The standard InChI is InChI=1S/C87H170O17P2/c1-9-79(7)65-57-49-41-33-24-20-17-18-21-25-35-43-51-59-67-84(89)97-73-82(103-86(91)69-61-53-45-37-26-22-16-14-12-11-13-15-19-23-31-39-47-55-63-77(3)4)75-101-105(93,94)99-71-81(88)72-100-106(95,96)102-76-83(74-98-85(90)68-60-52-44-36-29-27-32-40-48-56-64-78(5)6)104-87(92)70-62-54-46-38-30-28-34-42-50-58-66-80(8)10-2/h77-83,88H,9-76H2,1-8H3,(H,93,94)(H,95,96)/t79?,80?,81-,82-,83-/m1/s1. The number of aliphatic hydroxyl groups is 1. The van der Waals surface area contributed by atoms with Crippen molar-refractivity contribution in [3.05, 3.63) is 0 Å². The normalized spacial score (nSPS) is 14.4. The molecule has 4 unspecified atom stereocenters. The van der Waals surface area contributed by atoms with Crippen LogP contribution in [0.4, 0.5) is 0 Å². The van der Waals surface area contributed by atoms with E-state index in [-0.39, 0.29) is 25.7 Å². The number of unbranched alkanes of at least 4 members (excludes halogenated alkanes) is 48. The van der Waals surface area contributed by atoms with Crippen molar-refractivity contribution in [1.82, 2.24) is 0 Å². The van der Waals surface area contributed by atoms with E-state index >= 15 is 0 Å². The summed E-state index contributed by atoms with van der Waals surface area (Å²) in [7, 11) is -9.93. The highest BCUT2D eigenvalue weighted by atomic mass is 31.2. The van der Waals surface area contributed by atoms with Crippen LogP contribution < -0.4 is 0 Å². The Morgan fingerprint density at radius 2 is 0.453 bits per heavy atom. The molecular formula is C87H170O17P2. The summed E-state index contributed by atoms with van der Waals surface area (Å²) >= 11 is 0. The molecule has 0 amide bonds. The summed E-state index contributed by atoms with van der Waals surface area (Å²) < 4.78 is 69.0. The maximum Gasteiger partial charge on any atom is 0.472 e. The average molecular weight is 1550 g/mol. The molecule has 106 heavy (non-hydrogen) atoms. The predicted octanol–water partition coefficient (Wildman–Crippen LogP) is 26.3. The predicted molar refractivity (Wildman–Crippen MR) is 437 cm³/mol. The molecule has 17 nitrogen and oxygen atoms in total. The molecule has 0 heterocycles. The first-order chi connectivity index (χ1) is 51.2. The van der Waals surface area contributed by atoms with Gasteiger partial charge in [-0.25, -0.2) is 9.13 Å². The van der Waals surface area contributed by atoms with Crippen LogP contribution in [0.25, 0.3) is 0 Å². The van der Waals surface area contributed by atoms with E-state index in [2.05, 4.69) is 55.4 Å². The van der Waals surface area contributed by atoms with Crippen molar-refractivity contribution >= 4 is 39.5 Å². The summed E-state index contributed by atoms with van der Waals surface area (Å²) in [5.74, 6) is 1.13. The number of phosphoric acid groups is 2. The minimum absolute atomic E-state index is 0.106. The highest BCUT2D eigenvalue weighted by Crippen LogP contribution is 2.45. The van der Waals surface area contributed by atoms with E-state index < -0.39 is 97.5 Å². The van der Waals surface area contributed by atoms with E-state index in [1.807, 2.05) is 0 Å². The van der Waals surface area contributed by atoms with Crippen LogP contribution in [-0.2, 0) is 65.4 Å². The lowest BCUT2D eigenvalue weighted by molar-refractivity contribution is -0.161. The number of esters is 4. The Morgan fingerprint density at radius 1 is 0.264 bits per heavy atom. The van der Waals surface area contributed by atoms with Gasteiger partial charge in [-0.1, -0.05) is 402 Å². The summed E-state index contributed by atoms with van der Waals surface area (Å²) in [6, 6.07) is 0. The van der Waals surface area contributed by atoms with Gasteiger partial charge in [-0.05, 0) is 49.4 Å². The van der Waals surface area contributed by atoms with E-state index in [0.29, 0.717) is 25.7 Å². The third kappa shape index (κ3) is 77.4. The lowest BCUT2D eigenvalue weighted by Gasteiger charge is -2.21. The minimum Gasteiger partial charge on any atom is -0.462 e.